The molecule has 0 radical (unpaired) electrons. The minimum Gasteiger partial charge on any atom is -0.273 e. The highest BCUT2D eigenvalue weighted by molar-refractivity contribution is 6.36. The highest BCUT2D eigenvalue weighted by Crippen LogP contribution is 2.48. The van der Waals surface area contributed by atoms with Crippen molar-refractivity contribution in [3.05, 3.63) is 95.3 Å². The fraction of sp³-hybridized carbons (Fsp3) is 0.130. The number of benzene rings is 3. The molecule has 150 valence electrons. The van der Waals surface area contributed by atoms with Crippen molar-refractivity contribution in [3.8, 4) is 0 Å². The molecule has 2 aliphatic rings. The van der Waals surface area contributed by atoms with Crippen molar-refractivity contribution < 1.29 is 18.8 Å². The van der Waals surface area contributed by atoms with Gasteiger partial charge in [0.25, 0.3) is 5.91 Å². The van der Waals surface area contributed by atoms with Crippen molar-refractivity contribution in [1.82, 2.24) is 0 Å². The number of hydrogen-bond donors (Lipinski definition) is 0. The molecular formula is C23H16ClFN2O3. The van der Waals surface area contributed by atoms with Gasteiger partial charge in [0.2, 0.25) is 5.91 Å². The number of hydrogen-bond acceptors (Lipinski definition) is 4. The van der Waals surface area contributed by atoms with Crippen LogP contribution in [0.4, 0.5) is 15.8 Å². The van der Waals surface area contributed by atoms with E-state index in [9.17, 15) is 14.0 Å². The standard InChI is InChI=1S/C23H16ClFN2O3/c24-16-11-5-7-13-18(16)26-22(28)19-20(15-10-4-6-12-17(15)25)27(30-21(19)23(26)29)14-8-2-1-3-9-14/h1-13,19-21H/t19-,20+,21-/m1/s1. The third kappa shape index (κ3) is 2.80. The van der Waals surface area contributed by atoms with Gasteiger partial charge in [-0.2, -0.15) is 0 Å². The molecule has 0 unspecified atom stereocenters. The lowest BCUT2D eigenvalue weighted by Gasteiger charge is -2.29. The Morgan fingerprint density at radius 1 is 0.833 bits per heavy atom. The molecule has 5 nitrogen and oxygen atoms in total. The minimum absolute atomic E-state index is 0.279. The molecule has 3 atom stereocenters. The first-order chi connectivity index (χ1) is 14.6. The average Bonchev–Trinajstić information content (AvgIpc) is 3.26. The van der Waals surface area contributed by atoms with Gasteiger partial charge >= 0.3 is 0 Å². The van der Waals surface area contributed by atoms with E-state index in [1.54, 1.807) is 54.6 Å². The maximum atomic E-state index is 14.8. The Morgan fingerprint density at radius 3 is 2.23 bits per heavy atom. The van der Waals surface area contributed by atoms with Gasteiger partial charge < -0.3 is 0 Å². The predicted molar refractivity (Wildman–Crippen MR) is 110 cm³/mol. The number of amides is 2. The van der Waals surface area contributed by atoms with Gasteiger partial charge in [-0.25, -0.2) is 14.4 Å². The van der Waals surface area contributed by atoms with Crippen LogP contribution in [-0.4, -0.2) is 17.9 Å². The van der Waals surface area contributed by atoms with E-state index in [2.05, 4.69) is 0 Å². The van der Waals surface area contributed by atoms with Crippen LogP contribution in [0.2, 0.25) is 5.02 Å². The third-order valence-corrected chi connectivity index (χ3v) is 5.76. The second-order valence-electron chi connectivity index (χ2n) is 7.14. The monoisotopic (exact) mass is 422 g/mol. The maximum Gasteiger partial charge on any atom is 0.266 e. The molecular weight excluding hydrogens is 407 g/mol. The molecule has 5 rings (SSSR count). The van der Waals surface area contributed by atoms with Crippen molar-refractivity contribution >= 4 is 34.8 Å². The van der Waals surface area contributed by atoms with Crippen LogP contribution in [0, 0.1) is 11.7 Å². The largest absolute Gasteiger partial charge is 0.273 e. The summed E-state index contributed by atoms with van der Waals surface area (Å²) in [5, 5.41) is 1.74. The van der Waals surface area contributed by atoms with E-state index in [1.807, 2.05) is 18.2 Å². The molecule has 2 aliphatic heterocycles. The molecule has 0 aromatic heterocycles. The lowest BCUT2D eigenvalue weighted by Crippen LogP contribution is -2.37. The second-order valence-corrected chi connectivity index (χ2v) is 7.55. The Labute approximate surface area is 177 Å². The number of carbonyl (C=O) groups excluding carboxylic acids is 2. The SMILES string of the molecule is O=C1[C@H]2[C@@H](ON(c3ccccc3)[C@H]2c2ccccc2F)C(=O)N1c1ccccc1Cl. The van der Waals surface area contributed by atoms with E-state index in [0.717, 1.165) is 4.90 Å². The van der Waals surface area contributed by atoms with Crippen LogP contribution in [0.15, 0.2) is 78.9 Å². The molecule has 2 saturated heterocycles. The van der Waals surface area contributed by atoms with Crippen LogP contribution in [0.25, 0.3) is 0 Å². The van der Waals surface area contributed by atoms with Crippen LogP contribution < -0.4 is 9.96 Å². The lowest BCUT2D eigenvalue weighted by atomic mass is 9.90. The lowest BCUT2D eigenvalue weighted by molar-refractivity contribution is -0.126. The predicted octanol–water partition coefficient (Wildman–Crippen LogP) is 4.53. The van der Waals surface area contributed by atoms with Gasteiger partial charge in [-0.3, -0.25) is 14.4 Å². The summed E-state index contributed by atoms with van der Waals surface area (Å²) in [5.74, 6) is -2.36. The fourth-order valence-electron chi connectivity index (χ4n) is 4.11. The van der Waals surface area contributed by atoms with Crippen molar-refractivity contribution in [1.29, 1.82) is 0 Å². The summed E-state index contributed by atoms with van der Waals surface area (Å²) >= 11 is 6.24. The molecule has 3 aromatic carbocycles. The van der Waals surface area contributed by atoms with Crippen LogP contribution in [0.1, 0.15) is 11.6 Å². The normalized spacial score (nSPS) is 23.2. The first kappa shape index (κ1) is 18.8. The van der Waals surface area contributed by atoms with Crippen LogP contribution in [-0.2, 0) is 14.4 Å². The maximum absolute atomic E-state index is 14.8. The first-order valence-electron chi connectivity index (χ1n) is 9.46. The molecule has 2 fully saturated rings. The molecule has 0 saturated carbocycles. The number of anilines is 2. The third-order valence-electron chi connectivity index (χ3n) is 5.44. The molecule has 7 heteroatoms. The summed E-state index contributed by atoms with van der Waals surface area (Å²) in [6.45, 7) is 0. The Kier molecular flexibility index (Phi) is 4.53. The van der Waals surface area contributed by atoms with Crippen LogP contribution in [0.3, 0.4) is 0 Å². The number of carbonyl (C=O) groups is 2. The summed E-state index contributed by atoms with van der Waals surface area (Å²) in [5.41, 5.74) is 1.21. The summed E-state index contributed by atoms with van der Waals surface area (Å²) in [6, 6.07) is 21.1. The highest BCUT2D eigenvalue weighted by Gasteiger charge is 2.60. The zero-order chi connectivity index (χ0) is 20.8. The molecule has 2 heterocycles. The average molecular weight is 423 g/mol. The van der Waals surface area contributed by atoms with Gasteiger partial charge in [0.05, 0.1) is 22.4 Å². The van der Waals surface area contributed by atoms with Gasteiger partial charge in [-0.15, -0.1) is 0 Å². The molecule has 0 aliphatic carbocycles. The number of rotatable bonds is 3. The Bertz CT molecular complexity index is 1140. The second kappa shape index (κ2) is 7.23. The molecule has 0 spiro atoms. The van der Waals surface area contributed by atoms with E-state index in [4.69, 9.17) is 16.4 Å². The first-order valence-corrected chi connectivity index (χ1v) is 9.83. The zero-order valence-electron chi connectivity index (χ0n) is 15.6. The van der Waals surface area contributed by atoms with Crippen LogP contribution in [0.5, 0.6) is 0 Å². The fourth-order valence-corrected chi connectivity index (χ4v) is 4.33. The van der Waals surface area contributed by atoms with Gasteiger partial charge in [-0.05, 0) is 30.3 Å². The van der Waals surface area contributed by atoms with E-state index in [1.165, 1.54) is 11.1 Å². The molecule has 2 amide bonds. The molecule has 30 heavy (non-hydrogen) atoms. The quantitative estimate of drug-likeness (QED) is 0.582. The number of hydroxylamine groups is 1. The van der Waals surface area contributed by atoms with E-state index in [0.29, 0.717) is 11.4 Å². The Balaban J connectivity index is 1.62. The summed E-state index contributed by atoms with van der Waals surface area (Å²) in [7, 11) is 0. The molecule has 3 aromatic rings. The van der Waals surface area contributed by atoms with E-state index < -0.39 is 35.7 Å². The Morgan fingerprint density at radius 2 is 1.50 bits per heavy atom. The zero-order valence-corrected chi connectivity index (χ0v) is 16.4. The number of para-hydroxylation sites is 2. The van der Waals surface area contributed by atoms with E-state index >= 15 is 0 Å². The van der Waals surface area contributed by atoms with Crippen molar-refractivity contribution in [2.24, 2.45) is 5.92 Å². The molecule has 0 N–H and O–H groups in total. The van der Waals surface area contributed by atoms with Crippen molar-refractivity contribution in [2.45, 2.75) is 12.1 Å². The smallest absolute Gasteiger partial charge is 0.266 e. The summed E-state index contributed by atoms with van der Waals surface area (Å²) in [6.07, 6.45) is -1.07. The summed E-state index contributed by atoms with van der Waals surface area (Å²) in [4.78, 5) is 33.7. The number of nitrogens with zero attached hydrogens (tertiary/aromatic N) is 2. The van der Waals surface area contributed by atoms with Crippen LogP contribution >= 0.6 is 11.6 Å². The van der Waals surface area contributed by atoms with Gasteiger partial charge in [-0.1, -0.05) is 60.1 Å². The topological polar surface area (TPSA) is 49.9 Å². The number of fused-ring (bicyclic) bond motifs is 1. The summed E-state index contributed by atoms with van der Waals surface area (Å²) < 4.78 is 14.8. The number of imide groups is 1. The highest BCUT2D eigenvalue weighted by atomic mass is 35.5. The Hall–Kier alpha value is -3.22. The van der Waals surface area contributed by atoms with Crippen molar-refractivity contribution in [3.63, 3.8) is 0 Å². The van der Waals surface area contributed by atoms with E-state index in [-0.39, 0.29) is 10.6 Å². The van der Waals surface area contributed by atoms with Gasteiger partial charge in [0.15, 0.2) is 6.10 Å². The number of halogens is 2. The van der Waals surface area contributed by atoms with Crippen molar-refractivity contribution in [2.75, 3.05) is 9.96 Å². The van der Waals surface area contributed by atoms with Gasteiger partial charge in [0, 0.05) is 5.56 Å². The minimum atomic E-state index is -1.07. The molecule has 0 bridgehead atoms. The van der Waals surface area contributed by atoms with Gasteiger partial charge in [0.1, 0.15) is 11.7 Å².